The minimum Gasteiger partial charge on any atom is -0.376 e. The summed E-state index contributed by atoms with van der Waals surface area (Å²) >= 11 is 0. The Morgan fingerprint density at radius 3 is 3.00 bits per heavy atom. The van der Waals surface area contributed by atoms with Crippen molar-refractivity contribution in [1.29, 1.82) is 0 Å². The van der Waals surface area contributed by atoms with E-state index in [-0.39, 0.29) is 6.10 Å². The quantitative estimate of drug-likeness (QED) is 0.803. The van der Waals surface area contributed by atoms with Crippen LogP contribution in [0, 0.1) is 0 Å². The Morgan fingerprint density at radius 1 is 1.39 bits per heavy atom. The van der Waals surface area contributed by atoms with Gasteiger partial charge in [-0.3, -0.25) is 4.90 Å². The van der Waals surface area contributed by atoms with Crippen LogP contribution in [0.3, 0.4) is 0 Å². The molecule has 0 radical (unpaired) electrons. The topological polar surface area (TPSA) is 51.4 Å². The maximum Gasteiger partial charge on any atom is 0.240 e. The fourth-order valence-electron chi connectivity index (χ4n) is 2.16. The van der Waals surface area contributed by atoms with Crippen LogP contribution in [0.5, 0.6) is 0 Å². The van der Waals surface area contributed by atoms with E-state index >= 15 is 0 Å². The van der Waals surface area contributed by atoms with E-state index in [0.717, 1.165) is 50.7 Å². The molecule has 1 aromatic rings. The lowest BCUT2D eigenvalue weighted by Crippen LogP contribution is -2.46. The van der Waals surface area contributed by atoms with Crippen LogP contribution in [-0.4, -0.2) is 40.3 Å². The zero-order valence-electron chi connectivity index (χ0n) is 11.6. The van der Waals surface area contributed by atoms with E-state index in [9.17, 15) is 0 Å². The highest BCUT2D eigenvalue weighted by Crippen LogP contribution is 2.14. The van der Waals surface area contributed by atoms with Crippen molar-refractivity contribution in [1.82, 2.24) is 15.0 Å². The standard InChI is InChI=1S/C13H23N3O2/c1-4-5-6-12-14-13(18-15-12)8-16-7-11(3)17-9-10(16)2/h10-11H,4-9H2,1-3H3/t10-,11+/m1/s1. The number of nitrogens with zero attached hydrogens (tertiary/aromatic N) is 3. The molecule has 1 aliphatic rings. The van der Waals surface area contributed by atoms with Crippen molar-refractivity contribution >= 4 is 0 Å². The van der Waals surface area contributed by atoms with Gasteiger partial charge in [-0.2, -0.15) is 4.98 Å². The molecule has 1 saturated heterocycles. The summed E-state index contributed by atoms with van der Waals surface area (Å²) in [6.45, 7) is 8.86. The van der Waals surface area contributed by atoms with Crippen molar-refractivity contribution in [2.24, 2.45) is 0 Å². The van der Waals surface area contributed by atoms with Crippen molar-refractivity contribution in [2.45, 2.75) is 58.7 Å². The molecule has 0 aromatic carbocycles. The van der Waals surface area contributed by atoms with E-state index < -0.39 is 0 Å². The molecule has 102 valence electrons. The number of aryl methyl sites for hydroxylation is 1. The lowest BCUT2D eigenvalue weighted by Gasteiger charge is -2.35. The summed E-state index contributed by atoms with van der Waals surface area (Å²) in [7, 11) is 0. The number of morpholine rings is 1. The normalized spacial score (nSPS) is 25.5. The highest BCUT2D eigenvalue weighted by atomic mass is 16.5. The van der Waals surface area contributed by atoms with Gasteiger partial charge in [0.2, 0.25) is 5.89 Å². The molecule has 0 unspecified atom stereocenters. The van der Waals surface area contributed by atoms with Gasteiger partial charge in [-0.1, -0.05) is 18.5 Å². The van der Waals surface area contributed by atoms with E-state index in [4.69, 9.17) is 9.26 Å². The van der Waals surface area contributed by atoms with Crippen LogP contribution in [-0.2, 0) is 17.7 Å². The Labute approximate surface area is 108 Å². The average Bonchev–Trinajstić information content (AvgIpc) is 2.79. The van der Waals surface area contributed by atoms with Crippen LogP contribution < -0.4 is 0 Å². The first-order chi connectivity index (χ1) is 8.69. The lowest BCUT2D eigenvalue weighted by molar-refractivity contribution is -0.0555. The summed E-state index contributed by atoms with van der Waals surface area (Å²) in [5, 5.41) is 4.02. The van der Waals surface area contributed by atoms with Gasteiger partial charge < -0.3 is 9.26 Å². The fourth-order valence-corrected chi connectivity index (χ4v) is 2.16. The molecule has 0 N–H and O–H groups in total. The van der Waals surface area contributed by atoms with E-state index in [2.05, 4.69) is 35.8 Å². The molecule has 2 atom stereocenters. The van der Waals surface area contributed by atoms with Crippen LogP contribution in [0.4, 0.5) is 0 Å². The van der Waals surface area contributed by atoms with Gasteiger partial charge >= 0.3 is 0 Å². The summed E-state index contributed by atoms with van der Waals surface area (Å²) in [6.07, 6.45) is 3.46. The van der Waals surface area contributed by atoms with Crippen LogP contribution in [0.25, 0.3) is 0 Å². The van der Waals surface area contributed by atoms with Crippen LogP contribution in [0.2, 0.25) is 0 Å². The Bertz CT molecular complexity index is 367. The number of ether oxygens (including phenoxy) is 1. The summed E-state index contributed by atoms with van der Waals surface area (Å²) in [5.74, 6) is 1.56. The van der Waals surface area contributed by atoms with Crippen molar-refractivity contribution in [2.75, 3.05) is 13.2 Å². The van der Waals surface area contributed by atoms with Gasteiger partial charge in [0, 0.05) is 19.0 Å². The predicted octanol–water partition coefficient (Wildman–Crippen LogP) is 2.02. The first-order valence-corrected chi connectivity index (χ1v) is 6.86. The maximum absolute atomic E-state index is 5.61. The molecule has 1 aromatic heterocycles. The van der Waals surface area contributed by atoms with Crippen molar-refractivity contribution in [3.05, 3.63) is 11.7 Å². The minimum atomic E-state index is 0.281. The molecule has 0 bridgehead atoms. The largest absolute Gasteiger partial charge is 0.376 e. The first kappa shape index (κ1) is 13.5. The molecule has 0 saturated carbocycles. The molecule has 5 heteroatoms. The Kier molecular flexibility index (Phi) is 4.72. The molecule has 5 nitrogen and oxygen atoms in total. The molecule has 0 spiro atoms. The number of aromatic nitrogens is 2. The number of hydrogen-bond acceptors (Lipinski definition) is 5. The average molecular weight is 253 g/mol. The summed E-state index contributed by atoms with van der Waals surface area (Å²) in [6, 6.07) is 0.409. The molecule has 2 heterocycles. The zero-order chi connectivity index (χ0) is 13.0. The maximum atomic E-state index is 5.61. The highest BCUT2D eigenvalue weighted by Gasteiger charge is 2.25. The van der Waals surface area contributed by atoms with Gasteiger partial charge in [-0.05, 0) is 20.3 Å². The van der Waals surface area contributed by atoms with E-state index in [1.165, 1.54) is 0 Å². The van der Waals surface area contributed by atoms with E-state index in [1.807, 2.05) is 0 Å². The van der Waals surface area contributed by atoms with Crippen LogP contribution in [0.1, 0.15) is 45.3 Å². The van der Waals surface area contributed by atoms with Crippen LogP contribution >= 0.6 is 0 Å². The van der Waals surface area contributed by atoms with Gasteiger partial charge in [0.1, 0.15) is 0 Å². The highest BCUT2D eigenvalue weighted by molar-refractivity contribution is 4.88. The van der Waals surface area contributed by atoms with Crippen LogP contribution in [0.15, 0.2) is 4.52 Å². The van der Waals surface area contributed by atoms with Gasteiger partial charge in [0.05, 0.1) is 19.3 Å². The molecular weight excluding hydrogens is 230 g/mol. The molecule has 0 aliphatic carbocycles. The van der Waals surface area contributed by atoms with Gasteiger partial charge in [0.25, 0.3) is 0 Å². The fraction of sp³-hybridized carbons (Fsp3) is 0.846. The molecule has 1 aliphatic heterocycles. The zero-order valence-corrected chi connectivity index (χ0v) is 11.6. The van der Waals surface area contributed by atoms with E-state index in [1.54, 1.807) is 0 Å². The first-order valence-electron chi connectivity index (χ1n) is 6.86. The summed E-state index contributed by atoms with van der Waals surface area (Å²) in [4.78, 5) is 6.78. The van der Waals surface area contributed by atoms with E-state index in [0.29, 0.717) is 6.04 Å². The molecule has 0 amide bonds. The molecular formula is C13H23N3O2. The van der Waals surface area contributed by atoms with Crippen molar-refractivity contribution in [3.63, 3.8) is 0 Å². The molecule has 2 rings (SSSR count). The number of hydrogen-bond donors (Lipinski definition) is 0. The number of unbranched alkanes of at least 4 members (excludes halogenated alkanes) is 1. The molecule has 18 heavy (non-hydrogen) atoms. The van der Waals surface area contributed by atoms with Gasteiger partial charge in [0.15, 0.2) is 5.82 Å². The Hall–Kier alpha value is -0.940. The lowest BCUT2D eigenvalue weighted by atomic mass is 10.2. The number of rotatable bonds is 5. The summed E-state index contributed by atoms with van der Waals surface area (Å²) < 4.78 is 10.9. The third kappa shape index (κ3) is 3.53. The third-order valence-electron chi connectivity index (χ3n) is 3.34. The van der Waals surface area contributed by atoms with Crippen molar-refractivity contribution in [3.8, 4) is 0 Å². The monoisotopic (exact) mass is 253 g/mol. The predicted molar refractivity (Wildman–Crippen MR) is 68.2 cm³/mol. The second-order valence-electron chi connectivity index (χ2n) is 5.13. The second-order valence-corrected chi connectivity index (χ2v) is 5.13. The Morgan fingerprint density at radius 2 is 2.22 bits per heavy atom. The third-order valence-corrected chi connectivity index (χ3v) is 3.34. The molecule has 1 fully saturated rings. The van der Waals surface area contributed by atoms with Crippen molar-refractivity contribution < 1.29 is 9.26 Å². The van der Waals surface area contributed by atoms with Gasteiger partial charge in [-0.25, -0.2) is 0 Å². The summed E-state index contributed by atoms with van der Waals surface area (Å²) in [5.41, 5.74) is 0. The SMILES string of the molecule is CCCCc1noc(CN2C[C@H](C)OC[C@H]2C)n1. The smallest absolute Gasteiger partial charge is 0.240 e. The second kappa shape index (κ2) is 6.29. The van der Waals surface area contributed by atoms with Gasteiger partial charge in [-0.15, -0.1) is 0 Å². The Balaban J connectivity index is 1.89. The minimum absolute atomic E-state index is 0.281.